The van der Waals surface area contributed by atoms with Crippen LogP contribution in [0.2, 0.25) is 0 Å². The number of nitrogens with zero attached hydrogens (tertiary/aromatic N) is 2. The molecule has 1 aliphatic rings. The number of likely N-dealkylation sites (tertiary alicyclic amines) is 1. The molecule has 6 heteroatoms. The number of aromatic nitrogens is 1. The van der Waals surface area contributed by atoms with E-state index in [9.17, 15) is 9.90 Å². The molecule has 1 unspecified atom stereocenters. The monoisotopic (exact) mass is 395 g/mol. The van der Waals surface area contributed by atoms with Gasteiger partial charge in [0.1, 0.15) is 0 Å². The first-order chi connectivity index (χ1) is 13.6. The minimum Gasteiger partial charge on any atom is -0.394 e. The Morgan fingerprint density at radius 2 is 2.00 bits per heavy atom. The molecule has 0 saturated carbocycles. The van der Waals surface area contributed by atoms with Crippen LogP contribution in [-0.2, 0) is 0 Å². The van der Waals surface area contributed by atoms with Crippen molar-refractivity contribution in [1.29, 1.82) is 0 Å². The minimum absolute atomic E-state index is 0.140. The van der Waals surface area contributed by atoms with Crippen LogP contribution in [0.3, 0.4) is 0 Å². The second-order valence-electron chi connectivity index (χ2n) is 7.43. The average Bonchev–Trinajstić information content (AvgIpc) is 3.16. The minimum atomic E-state index is -0.416. The lowest BCUT2D eigenvalue weighted by atomic mass is 9.98. The average molecular weight is 396 g/mol. The Bertz CT molecular complexity index is 949. The van der Waals surface area contributed by atoms with Crippen LogP contribution in [0, 0.1) is 0 Å². The van der Waals surface area contributed by atoms with Crippen molar-refractivity contribution in [2.75, 3.05) is 26.7 Å². The van der Waals surface area contributed by atoms with Crippen molar-refractivity contribution in [2.24, 2.45) is 0 Å². The zero-order valence-electron chi connectivity index (χ0n) is 16.0. The Labute approximate surface area is 169 Å². The van der Waals surface area contributed by atoms with E-state index in [-0.39, 0.29) is 12.5 Å². The van der Waals surface area contributed by atoms with Crippen molar-refractivity contribution < 1.29 is 9.90 Å². The molecule has 1 fully saturated rings. The summed E-state index contributed by atoms with van der Waals surface area (Å²) in [6.07, 6.45) is 2.28. The number of nitrogens with one attached hydrogen (secondary N) is 1. The molecule has 28 heavy (non-hydrogen) atoms. The fourth-order valence-electron chi connectivity index (χ4n) is 3.68. The molecule has 0 bridgehead atoms. The molecule has 0 radical (unpaired) electrons. The van der Waals surface area contributed by atoms with Crippen molar-refractivity contribution in [3.8, 4) is 0 Å². The third kappa shape index (κ3) is 4.09. The van der Waals surface area contributed by atoms with Crippen LogP contribution in [0.4, 0.5) is 0 Å². The van der Waals surface area contributed by atoms with Gasteiger partial charge in [0, 0.05) is 11.5 Å². The van der Waals surface area contributed by atoms with E-state index in [0.717, 1.165) is 41.7 Å². The summed E-state index contributed by atoms with van der Waals surface area (Å²) in [5, 5.41) is 13.8. The number of benzene rings is 2. The Hall–Kier alpha value is -2.28. The van der Waals surface area contributed by atoms with Gasteiger partial charge in [-0.15, -0.1) is 11.3 Å². The normalized spacial score (nSPS) is 16.9. The molecule has 4 rings (SSSR count). The van der Waals surface area contributed by atoms with Crippen LogP contribution >= 0.6 is 11.3 Å². The van der Waals surface area contributed by atoms with Gasteiger partial charge in [-0.1, -0.05) is 30.3 Å². The molecule has 1 aromatic heterocycles. The number of rotatable bonds is 5. The Morgan fingerprint density at radius 1 is 1.25 bits per heavy atom. The van der Waals surface area contributed by atoms with E-state index in [4.69, 9.17) is 4.98 Å². The van der Waals surface area contributed by atoms with Crippen LogP contribution in [0.1, 0.15) is 45.7 Å². The molecule has 0 spiro atoms. The molecule has 1 amide bonds. The topological polar surface area (TPSA) is 65.5 Å². The second-order valence-corrected chi connectivity index (χ2v) is 8.49. The maximum absolute atomic E-state index is 12.7. The number of hydrogen-bond donors (Lipinski definition) is 2. The van der Waals surface area contributed by atoms with Gasteiger partial charge in [-0.3, -0.25) is 4.79 Å². The van der Waals surface area contributed by atoms with Crippen LogP contribution in [0.5, 0.6) is 0 Å². The fraction of sp³-hybridized carbons (Fsp3) is 0.364. The fourth-order valence-corrected chi connectivity index (χ4v) is 4.85. The summed E-state index contributed by atoms with van der Waals surface area (Å²) >= 11 is 1.70. The van der Waals surface area contributed by atoms with E-state index < -0.39 is 6.04 Å². The highest BCUT2D eigenvalue weighted by atomic mass is 32.1. The van der Waals surface area contributed by atoms with Gasteiger partial charge in [-0.25, -0.2) is 4.98 Å². The van der Waals surface area contributed by atoms with Gasteiger partial charge in [0.15, 0.2) is 0 Å². The Morgan fingerprint density at radius 3 is 2.71 bits per heavy atom. The van der Waals surface area contributed by atoms with Gasteiger partial charge >= 0.3 is 0 Å². The van der Waals surface area contributed by atoms with Crippen molar-refractivity contribution in [1.82, 2.24) is 15.2 Å². The SMILES string of the molecule is CN1CCC(c2nc3ccc(C(=O)NC(CO)c4ccccc4)cc3s2)CC1. The summed E-state index contributed by atoms with van der Waals surface area (Å²) in [4.78, 5) is 19.9. The van der Waals surface area contributed by atoms with Gasteiger partial charge in [-0.2, -0.15) is 0 Å². The first kappa shape index (κ1) is 19.1. The molecule has 2 aromatic carbocycles. The van der Waals surface area contributed by atoms with E-state index in [2.05, 4.69) is 17.3 Å². The molecule has 1 aliphatic heterocycles. The molecule has 1 atom stereocenters. The quantitative estimate of drug-likeness (QED) is 0.693. The van der Waals surface area contributed by atoms with Crippen LogP contribution < -0.4 is 5.32 Å². The van der Waals surface area contributed by atoms with Gasteiger partial charge in [0.05, 0.1) is 27.9 Å². The van der Waals surface area contributed by atoms with E-state index in [1.807, 2.05) is 48.5 Å². The number of carbonyl (C=O) groups excluding carboxylic acids is 1. The zero-order chi connectivity index (χ0) is 19.5. The molecule has 3 aromatic rings. The van der Waals surface area contributed by atoms with Crippen molar-refractivity contribution in [3.05, 3.63) is 64.7 Å². The molecule has 5 nitrogen and oxygen atoms in total. The number of thiazole rings is 1. The standard InChI is InChI=1S/C22H25N3O2S/c1-25-11-9-16(10-12-25)22-24-18-8-7-17(13-20(18)28-22)21(27)23-19(14-26)15-5-3-2-4-6-15/h2-8,13,16,19,26H,9-12,14H2,1H3,(H,23,27). The molecule has 2 N–H and O–H groups in total. The Kier molecular flexibility index (Phi) is 5.71. The summed E-state index contributed by atoms with van der Waals surface area (Å²) in [6.45, 7) is 2.07. The third-order valence-electron chi connectivity index (χ3n) is 5.42. The number of aliphatic hydroxyl groups is 1. The summed E-state index contributed by atoms with van der Waals surface area (Å²) in [7, 11) is 2.16. The highest BCUT2D eigenvalue weighted by molar-refractivity contribution is 7.18. The lowest BCUT2D eigenvalue weighted by Crippen LogP contribution is -2.30. The summed E-state index contributed by atoms with van der Waals surface area (Å²) in [5.74, 6) is 0.335. The number of piperidine rings is 1. The highest BCUT2D eigenvalue weighted by Crippen LogP contribution is 2.34. The van der Waals surface area contributed by atoms with E-state index in [1.165, 1.54) is 5.01 Å². The number of aliphatic hydroxyl groups excluding tert-OH is 1. The number of amides is 1. The summed E-state index contributed by atoms with van der Waals surface area (Å²) in [5.41, 5.74) is 2.44. The number of carbonyl (C=O) groups is 1. The maximum Gasteiger partial charge on any atom is 0.251 e. The second kappa shape index (κ2) is 8.39. The van der Waals surface area contributed by atoms with Crippen molar-refractivity contribution in [3.63, 3.8) is 0 Å². The van der Waals surface area contributed by atoms with Crippen molar-refractivity contribution in [2.45, 2.75) is 24.8 Å². The smallest absolute Gasteiger partial charge is 0.251 e. The lowest BCUT2D eigenvalue weighted by Gasteiger charge is -2.27. The Balaban J connectivity index is 1.51. The predicted molar refractivity (Wildman–Crippen MR) is 113 cm³/mol. The van der Waals surface area contributed by atoms with Crippen molar-refractivity contribution >= 4 is 27.5 Å². The maximum atomic E-state index is 12.7. The van der Waals surface area contributed by atoms with Crippen LogP contribution in [-0.4, -0.2) is 47.6 Å². The highest BCUT2D eigenvalue weighted by Gasteiger charge is 2.22. The number of hydrogen-bond acceptors (Lipinski definition) is 5. The predicted octanol–water partition coefficient (Wildman–Crippen LogP) is 3.57. The molecular formula is C22H25N3O2S. The first-order valence-electron chi connectivity index (χ1n) is 9.69. The van der Waals surface area contributed by atoms with E-state index in [1.54, 1.807) is 11.3 Å². The first-order valence-corrected chi connectivity index (χ1v) is 10.5. The lowest BCUT2D eigenvalue weighted by molar-refractivity contribution is 0.0916. The molecule has 1 saturated heterocycles. The molecule has 2 heterocycles. The van der Waals surface area contributed by atoms with Crippen LogP contribution in [0.15, 0.2) is 48.5 Å². The number of fused-ring (bicyclic) bond motifs is 1. The largest absolute Gasteiger partial charge is 0.394 e. The van der Waals surface area contributed by atoms with Gasteiger partial charge in [0.2, 0.25) is 0 Å². The summed E-state index contributed by atoms with van der Waals surface area (Å²) < 4.78 is 1.04. The van der Waals surface area contributed by atoms with E-state index >= 15 is 0 Å². The summed E-state index contributed by atoms with van der Waals surface area (Å²) in [6, 6.07) is 14.8. The van der Waals surface area contributed by atoms with Gasteiger partial charge in [0.25, 0.3) is 5.91 Å². The molecule has 146 valence electrons. The van der Waals surface area contributed by atoms with E-state index in [0.29, 0.717) is 11.5 Å². The van der Waals surface area contributed by atoms with Gasteiger partial charge < -0.3 is 15.3 Å². The third-order valence-corrected chi connectivity index (χ3v) is 6.61. The van der Waals surface area contributed by atoms with Gasteiger partial charge in [-0.05, 0) is 56.7 Å². The molecule has 0 aliphatic carbocycles. The zero-order valence-corrected chi connectivity index (χ0v) is 16.8. The van der Waals surface area contributed by atoms with Crippen LogP contribution in [0.25, 0.3) is 10.2 Å². The molecular weight excluding hydrogens is 370 g/mol.